The average molecular weight is 259 g/mol. The largest absolute Gasteiger partial charge is 0.385 e. The van der Waals surface area contributed by atoms with Crippen LogP contribution >= 0.6 is 0 Å². The van der Waals surface area contributed by atoms with E-state index in [1.54, 1.807) is 19.5 Å². The number of fused-ring (bicyclic) bond motifs is 1. The number of aliphatic hydroxyl groups excluding tert-OH is 1. The van der Waals surface area contributed by atoms with Crippen LogP contribution in [-0.4, -0.2) is 22.8 Å². The van der Waals surface area contributed by atoms with Crippen LogP contribution in [0.5, 0.6) is 0 Å². The van der Waals surface area contributed by atoms with E-state index >= 15 is 0 Å². The van der Waals surface area contributed by atoms with Crippen LogP contribution in [0.1, 0.15) is 38.4 Å². The molecule has 102 valence electrons. The van der Waals surface area contributed by atoms with Gasteiger partial charge in [0.2, 0.25) is 0 Å². The summed E-state index contributed by atoms with van der Waals surface area (Å²) in [4.78, 5) is 4.16. The standard InChI is InChI=1S/C16H21NO2/c1-4-16(5-2,19-3)15(18)13-8-6-7-12-9-10-17-11-14(12)13/h6-11,15,18H,4-5H2,1-3H3. The second-order valence-corrected chi connectivity index (χ2v) is 4.82. The van der Waals surface area contributed by atoms with E-state index in [-0.39, 0.29) is 0 Å². The van der Waals surface area contributed by atoms with Crippen molar-refractivity contribution < 1.29 is 9.84 Å². The molecule has 3 heteroatoms. The van der Waals surface area contributed by atoms with Crippen molar-refractivity contribution in [2.75, 3.05) is 7.11 Å². The average Bonchev–Trinajstić information content (AvgIpc) is 2.49. The lowest BCUT2D eigenvalue weighted by atomic mass is 9.84. The molecule has 0 radical (unpaired) electrons. The van der Waals surface area contributed by atoms with Crippen LogP contribution in [0.4, 0.5) is 0 Å². The lowest BCUT2D eigenvalue weighted by Gasteiger charge is -2.35. The summed E-state index contributed by atoms with van der Waals surface area (Å²) in [6, 6.07) is 7.90. The monoisotopic (exact) mass is 259 g/mol. The zero-order valence-corrected chi connectivity index (χ0v) is 11.8. The molecule has 3 nitrogen and oxygen atoms in total. The van der Waals surface area contributed by atoms with Gasteiger partial charge in [-0.2, -0.15) is 0 Å². The Morgan fingerprint density at radius 3 is 2.63 bits per heavy atom. The molecule has 1 heterocycles. The number of methoxy groups -OCH3 is 1. The maximum absolute atomic E-state index is 10.8. The normalized spacial score (nSPS) is 13.7. The van der Waals surface area contributed by atoms with E-state index in [2.05, 4.69) is 4.98 Å². The fourth-order valence-electron chi connectivity index (χ4n) is 2.70. The number of ether oxygens (including phenoxy) is 1. The lowest BCUT2D eigenvalue weighted by molar-refractivity contribution is -0.109. The molecular formula is C16H21NO2. The van der Waals surface area contributed by atoms with Crippen LogP contribution in [0.25, 0.3) is 10.8 Å². The van der Waals surface area contributed by atoms with Gasteiger partial charge in [-0.3, -0.25) is 4.98 Å². The number of benzene rings is 1. The molecule has 0 fully saturated rings. The van der Waals surface area contributed by atoms with E-state index in [1.165, 1.54) is 0 Å². The third kappa shape index (κ3) is 2.36. The predicted molar refractivity (Wildman–Crippen MR) is 77.0 cm³/mol. The molecule has 1 aromatic heterocycles. The van der Waals surface area contributed by atoms with E-state index in [9.17, 15) is 5.11 Å². The van der Waals surface area contributed by atoms with E-state index in [0.717, 1.165) is 29.2 Å². The summed E-state index contributed by atoms with van der Waals surface area (Å²) >= 11 is 0. The van der Waals surface area contributed by atoms with Crippen LogP contribution in [0.2, 0.25) is 0 Å². The van der Waals surface area contributed by atoms with Crippen molar-refractivity contribution in [3.05, 3.63) is 42.2 Å². The predicted octanol–water partition coefficient (Wildman–Crippen LogP) is 3.47. The Morgan fingerprint density at radius 2 is 2.00 bits per heavy atom. The van der Waals surface area contributed by atoms with Gasteiger partial charge in [0, 0.05) is 24.9 Å². The van der Waals surface area contributed by atoms with Gasteiger partial charge in [0.25, 0.3) is 0 Å². The molecule has 1 atom stereocenters. The van der Waals surface area contributed by atoms with E-state index in [4.69, 9.17) is 4.74 Å². The topological polar surface area (TPSA) is 42.4 Å². The first-order valence-corrected chi connectivity index (χ1v) is 6.74. The number of nitrogens with zero attached hydrogens (tertiary/aromatic N) is 1. The van der Waals surface area contributed by atoms with Gasteiger partial charge in [-0.05, 0) is 29.9 Å². The van der Waals surface area contributed by atoms with Crippen molar-refractivity contribution in [2.24, 2.45) is 0 Å². The van der Waals surface area contributed by atoms with E-state index < -0.39 is 11.7 Å². The number of pyridine rings is 1. The van der Waals surface area contributed by atoms with Crippen molar-refractivity contribution in [1.82, 2.24) is 4.98 Å². The molecule has 19 heavy (non-hydrogen) atoms. The quantitative estimate of drug-likeness (QED) is 0.894. The van der Waals surface area contributed by atoms with E-state index in [1.807, 2.05) is 38.1 Å². The second kappa shape index (κ2) is 5.68. The minimum absolute atomic E-state index is 0.538. The number of rotatable bonds is 5. The maximum atomic E-state index is 10.8. The molecule has 0 aliphatic carbocycles. The Balaban J connectivity index is 2.55. The molecule has 1 N–H and O–H groups in total. The minimum atomic E-state index is -0.652. The summed E-state index contributed by atoms with van der Waals surface area (Å²) < 4.78 is 5.63. The van der Waals surface area contributed by atoms with Crippen LogP contribution in [-0.2, 0) is 4.74 Å². The summed E-state index contributed by atoms with van der Waals surface area (Å²) in [6.07, 6.45) is 4.44. The van der Waals surface area contributed by atoms with Crippen LogP contribution in [0.15, 0.2) is 36.7 Å². The third-order valence-corrected chi connectivity index (χ3v) is 4.11. The zero-order chi connectivity index (χ0) is 13.9. The number of hydrogen-bond donors (Lipinski definition) is 1. The zero-order valence-electron chi connectivity index (χ0n) is 11.8. The SMILES string of the molecule is CCC(CC)(OC)C(O)c1cccc2ccncc12. The van der Waals surface area contributed by atoms with Gasteiger partial charge < -0.3 is 9.84 Å². The molecular weight excluding hydrogens is 238 g/mol. The van der Waals surface area contributed by atoms with Crippen LogP contribution in [0, 0.1) is 0 Å². The highest BCUT2D eigenvalue weighted by molar-refractivity contribution is 5.85. The van der Waals surface area contributed by atoms with Gasteiger partial charge in [0.15, 0.2) is 0 Å². The Morgan fingerprint density at radius 1 is 1.26 bits per heavy atom. The fourth-order valence-corrected chi connectivity index (χ4v) is 2.70. The lowest BCUT2D eigenvalue weighted by Crippen LogP contribution is -2.37. The first kappa shape index (κ1) is 14.0. The Bertz CT molecular complexity index is 536. The molecule has 0 aliphatic heterocycles. The molecule has 0 aliphatic rings. The van der Waals surface area contributed by atoms with Crippen molar-refractivity contribution in [3.8, 4) is 0 Å². The van der Waals surface area contributed by atoms with E-state index in [0.29, 0.717) is 0 Å². The molecule has 0 spiro atoms. The number of hydrogen-bond acceptors (Lipinski definition) is 3. The summed E-state index contributed by atoms with van der Waals surface area (Å²) in [6.45, 7) is 4.08. The maximum Gasteiger partial charge on any atom is 0.109 e. The van der Waals surface area contributed by atoms with Gasteiger partial charge in [-0.1, -0.05) is 32.0 Å². The highest BCUT2D eigenvalue weighted by Gasteiger charge is 2.36. The Kier molecular flexibility index (Phi) is 4.17. The highest BCUT2D eigenvalue weighted by Crippen LogP contribution is 2.37. The van der Waals surface area contributed by atoms with Crippen LogP contribution in [0.3, 0.4) is 0 Å². The number of aliphatic hydroxyl groups is 1. The molecule has 1 aromatic carbocycles. The molecule has 2 rings (SSSR count). The van der Waals surface area contributed by atoms with Crippen molar-refractivity contribution >= 4 is 10.8 Å². The van der Waals surface area contributed by atoms with Gasteiger partial charge in [-0.15, -0.1) is 0 Å². The Hall–Kier alpha value is -1.45. The van der Waals surface area contributed by atoms with Crippen LogP contribution < -0.4 is 0 Å². The second-order valence-electron chi connectivity index (χ2n) is 4.82. The summed E-state index contributed by atoms with van der Waals surface area (Å²) in [5.41, 5.74) is 0.348. The highest BCUT2D eigenvalue weighted by atomic mass is 16.5. The first-order valence-electron chi connectivity index (χ1n) is 6.74. The smallest absolute Gasteiger partial charge is 0.109 e. The van der Waals surface area contributed by atoms with Crippen molar-refractivity contribution in [1.29, 1.82) is 0 Å². The Labute approximate surface area is 114 Å². The molecule has 0 saturated carbocycles. The van der Waals surface area contributed by atoms with Gasteiger partial charge in [0.1, 0.15) is 6.10 Å². The molecule has 2 aromatic rings. The summed E-state index contributed by atoms with van der Waals surface area (Å²) in [5.74, 6) is 0. The van der Waals surface area contributed by atoms with Crippen molar-refractivity contribution in [2.45, 2.75) is 38.4 Å². The summed E-state index contributed by atoms with van der Waals surface area (Å²) in [7, 11) is 1.67. The van der Waals surface area contributed by atoms with Gasteiger partial charge >= 0.3 is 0 Å². The summed E-state index contributed by atoms with van der Waals surface area (Å²) in [5, 5.41) is 12.8. The van der Waals surface area contributed by atoms with Crippen molar-refractivity contribution in [3.63, 3.8) is 0 Å². The molecule has 1 unspecified atom stereocenters. The third-order valence-electron chi connectivity index (χ3n) is 4.11. The first-order chi connectivity index (χ1) is 9.18. The number of aromatic nitrogens is 1. The molecule has 0 amide bonds. The molecule has 0 bridgehead atoms. The van der Waals surface area contributed by atoms with Gasteiger partial charge in [-0.25, -0.2) is 0 Å². The minimum Gasteiger partial charge on any atom is -0.385 e. The van der Waals surface area contributed by atoms with Gasteiger partial charge in [0.05, 0.1) is 5.60 Å². The fraction of sp³-hybridized carbons (Fsp3) is 0.438. The molecule has 0 saturated heterocycles.